The van der Waals surface area contributed by atoms with Crippen molar-refractivity contribution in [1.29, 1.82) is 0 Å². The first-order chi connectivity index (χ1) is 41.2. The molecule has 19 heteroatoms. The van der Waals surface area contributed by atoms with Crippen molar-refractivity contribution >= 4 is 60.2 Å². The second-order valence-corrected chi connectivity index (χ2v) is 31.8. The maximum Gasteiger partial charge on any atom is 0.324 e. The summed E-state index contributed by atoms with van der Waals surface area (Å²) >= 11 is -1.55. The number of hydrogen-bond donors (Lipinski definition) is 2. The van der Waals surface area contributed by atoms with E-state index in [1.807, 2.05) is 50.2 Å². The van der Waals surface area contributed by atoms with Gasteiger partial charge < -0.3 is 38.1 Å². The van der Waals surface area contributed by atoms with E-state index in [0.29, 0.717) is 49.3 Å². The van der Waals surface area contributed by atoms with E-state index in [0.717, 1.165) is 99.5 Å². The number of ether oxygens (including phenoxy) is 2. The Morgan fingerprint density at radius 3 is 2.33 bits per heavy atom. The van der Waals surface area contributed by atoms with Gasteiger partial charge in [0.1, 0.15) is 23.9 Å². The van der Waals surface area contributed by atoms with Crippen LogP contribution in [-0.2, 0) is 64.2 Å². The second-order valence-electron chi connectivity index (χ2n) is 25.7. The van der Waals surface area contributed by atoms with E-state index in [4.69, 9.17) is 18.9 Å². The lowest BCUT2D eigenvalue weighted by molar-refractivity contribution is -0.155. The van der Waals surface area contributed by atoms with Gasteiger partial charge in [-0.1, -0.05) is 77.3 Å². The Labute approximate surface area is 512 Å². The van der Waals surface area contributed by atoms with Gasteiger partial charge in [-0.25, -0.2) is 5.43 Å². The lowest BCUT2D eigenvalue weighted by Crippen LogP contribution is -2.62. The SMILES string of the molecule is CCn1c(-c2cccnc2[C@H](C)OC)c2c3cc(ccc31)-c1cc(cc(O[Si](CC)(CC)CC)c1)C[C@H](NC(=O)[C@H](C1CCCC1)N(C)C(=O)CN(C)C(=O)[C@H]1[C@@H](C3CC3)N1[S@+]([O-])c1ccc(C)cc1)C(=O)N1CCC[C@H](N1)C(=O)OCC(C)(C)C2. The molecule has 2 N–H and O–H groups in total. The Morgan fingerprint density at radius 2 is 1.65 bits per heavy atom. The highest BCUT2D eigenvalue weighted by Crippen LogP contribution is 2.50. The Kier molecular flexibility index (Phi) is 19.3. The molecule has 462 valence electrons. The fourth-order valence-electron chi connectivity index (χ4n) is 13.7. The molecule has 3 aromatic carbocycles. The third kappa shape index (κ3) is 13.2. The number of esters is 1. The van der Waals surface area contributed by atoms with Crippen molar-refractivity contribution in [3.8, 4) is 28.1 Å². The summed E-state index contributed by atoms with van der Waals surface area (Å²) in [5.41, 5.74) is 11.3. The van der Waals surface area contributed by atoms with E-state index in [-0.39, 0.29) is 56.0 Å². The average Bonchev–Trinajstić information content (AvgIpc) is 1.60. The van der Waals surface area contributed by atoms with Crippen molar-refractivity contribution in [1.82, 2.24) is 39.4 Å². The lowest BCUT2D eigenvalue weighted by Gasteiger charge is -2.37. The van der Waals surface area contributed by atoms with Crippen LogP contribution >= 0.6 is 0 Å². The lowest BCUT2D eigenvalue weighted by atomic mass is 9.84. The Bertz CT molecular complexity index is 3300. The summed E-state index contributed by atoms with van der Waals surface area (Å²) in [7, 11) is 2.64. The molecule has 2 aromatic heterocycles. The van der Waals surface area contributed by atoms with Gasteiger partial charge in [0.2, 0.25) is 26.0 Å². The molecule has 5 aliphatic rings. The fourth-order valence-corrected chi connectivity index (χ4v) is 17.8. The summed E-state index contributed by atoms with van der Waals surface area (Å²) in [5, 5.41) is 5.74. The van der Waals surface area contributed by atoms with Crippen LogP contribution < -0.4 is 15.2 Å². The van der Waals surface area contributed by atoms with Crippen molar-refractivity contribution in [3.05, 3.63) is 101 Å². The standard InChI is InChI=1S/C67H90N8O9SSi/c1-12-73-56-31-28-47-38-52(56)53(61(73)51-22-18-32-68-58(51)43(6)82-11)39-67(7,8)41-83-66(80)54-23-19-33-74(70-54)64(78)55(36-44-34-48(47)37-49(35-44)84-86(13-2,14-3)15-4)69-63(77)60(45-20-16-17-21-45)72(10)57(76)40-71(9)65(79)62-59(46-26-27-46)75(62)85(81)50-29-24-42(5)25-30-50/h18,22,24-25,28-32,34-35,37-38,43,45-46,54-55,59-60,62,70H,12-17,19-21,23,26-27,33,36,39-41H2,1-11H3,(H,69,77)/t43-,54-,55-,59+,60-,62+,75?,85+/m0/s1. The van der Waals surface area contributed by atoms with Crippen LogP contribution in [0.3, 0.4) is 0 Å². The van der Waals surface area contributed by atoms with Crippen LogP contribution in [-0.4, -0.2) is 142 Å². The molecule has 3 aliphatic heterocycles. The number of aryl methyl sites for hydroxylation is 2. The number of methoxy groups -OCH3 is 1. The summed E-state index contributed by atoms with van der Waals surface area (Å²) in [5.74, 6) is -1.30. The highest BCUT2D eigenvalue weighted by molar-refractivity contribution is 7.89. The van der Waals surface area contributed by atoms with Gasteiger partial charge >= 0.3 is 5.97 Å². The van der Waals surface area contributed by atoms with Gasteiger partial charge in [0, 0.05) is 68.8 Å². The molecule has 4 fully saturated rings. The van der Waals surface area contributed by atoms with E-state index >= 15 is 9.59 Å². The first kappa shape index (κ1) is 62.9. The predicted molar refractivity (Wildman–Crippen MR) is 337 cm³/mol. The molecule has 0 spiro atoms. The average molecular weight is 1210 g/mol. The Hall–Kier alpha value is -6.09. The molecule has 5 heterocycles. The molecular weight excluding hydrogens is 1120 g/mol. The second kappa shape index (κ2) is 26.3. The monoisotopic (exact) mass is 1210 g/mol. The molecular formula is C67H90N8O9SSi. The number of carbonyl (C=O) groups excluding carboxylic acids is 5. The minimum absolute atomic E-state index is 0.0663. The van der Waals surface area contributed by atoms with Crippen molar-refractivity contribution < 1.29 is 42.4 Å². The number of fused-ring (bicyclic) bond motifs is 6. The summed E-state index contributed by atoms with van der Waals surface area (Å²) < 4.78 is 37.4. The quantitative estimate of drug-likeness (QED) is 0.0345. The van der Waals surface area contributed by atoms with Gasteiger partial charge in [-0.05, 0) is 166 Å². The highest BCUT2D eigenvalue weighted by atomic mass is 32.2. The normalized spacial score (nSPS) is 22.8. The highest BCUT2D eigenvalue weighted by Gasteiger charge is 2.67. The summed E-state index contributed by atoms with van der Waals surface area (Å²) in [4.78, 5) is 82.6. The van der Waals surface area contributed by atoms with E-state index < -0.39 is 73.0 Å². The van der Waals surface area contributed by atoms with Crippen molar-refractivity contribution in [3.63, 3.8) is 0 Å². The molecule has 4 amide bonds. The van der Waals surface area contributed by atoms with Crippen LogP contribution in [0.15, 0.2) is 83.9 Å². The maximum atomic E-state index is 15.5. The molecule has 2 aliphatic carbocycles. The predicted octanol–water partition coefficient (Wildman–Crippen LogP) is 10.1. The van der Waals surface area contributed by atoms with Crippen LogP contribution in [0.4, 0.5) is 0 Å². The third-order valence-electron chi connectivity index (χ3n) is 19.2. The molecule has 0 radical (unpaired) electrons. The summed E-state index contributed by atoms with van der Waals surface area (Å²) in [6.07, 6.45) is 8.17. The number of hydrogen-bond acceptors (Lipinski definition) is 12. The van der Waals surface area contributed by atoms with Gasteiger partial charge in [-0.15, -0.1) is 4.31 Å². The number of aromatic nitrogens is 2. The van der Waals surface area contributed by atoms with Crippen LogP contribution in [0.2, 0.25) is 18.1 Å². The number of benzene rings is 3. The minimum atomic E-state index is -2.28. The first-order valence-corrected chi connectivity index (χ1v) is 35.1. The number of nitrogens with one attached hydrogen (secondary N) is 2. The topological polar surface area (TPSA) is 191 Å². The Balaban J connectivity index is 1.02. The number of likely N-dealkylation sites (N-methyl/N-ethyl adjacent to an activating group) is 2. The zero-order chi connectivity index (χ0) is 61.4. The summed E-state index contributed by atoms with van der Waals surface area (Å²) in [6, 6.07) is 23.4. The molecule has 86 heavy (non-hydrogen) atoms. The largest absolute Gasteiger partial charge is 0.593 e. The smallest absolute Gasteiger partial charge is 0.324 e. The van der Waals surface area contributed by atoms with Crippen LogP contribution in [0.1, 0.15) is 128 Å². The van der Waals surface area contributed by atoms with Crippen LogP contribution in [0, 0.1) is 24.2 Å². The maximum absolute atomic E-state index is 15.5. The van der Waals surface area contributed by atoms with E-state index in [1.165, 1.54) is 14.8 Å². The molecule has 5 aromatic rings. The molecule has 2 saturated heterocycles. The van der Waals surface area contributed by atoms with Crippen LogP contribution in [0.25, 0.3) is 33.3 Å². The number of rotatable bonds is 19. The first-order valence-electron chi connectivity index (χ1n) is 31.5. The minimum Gasteiger partial charge on any atom is -0.593 e. The van der Waals surface area contributed by atoms with Gasteiger partial charge in [0.05, 0.1) is 48.0 Å². The van der Waals surface area contributed by atoms with Gasteiger partial charge in [0.15, 0.2) is 10.9 Å². The van der Waals surface area contributed by atoms with Gasteiger partial charge in [-0.3, -0.25) is 34.0 Å². The summed E-state index contributed by atoms with van der Waals surface area (Å²) in [6.45, 7) is 17.7. The van der Waals surface area contributed by atoms with E-state index in [9.17, 15) is 18.9 Å². The van der Waals surface area contributed by atoms with Crippen molar-refractivity contribution in [2.24, 2.45) is 17.3 Å². The van der Waals surface area contributed by atoms with Crippen molar-refractivity contribution in [2.75, 3.05) is 40.9 Å². The molecule has 8 atom stereocenters. The third-order valence-corrected chi connectivity index (χ3v) is 25.2. The fraction of sp³-hybridized carbons (Fsp3) is 0.552. The van der Waals surface area contributed by atoms with Crippen LogP contribution in [0.5, 0.6) is 5.75 Å². The number of cyclic esters (lactones) is 1. The Morgan fingerprint density at radius 1 is 0.930 bits per heavy atom. The molecule has 1 unspecified atom stereocenters. The molecule has 2 saturated carbocycles. The zero-order valence-corrected chi connectivity index (χ0v) is 54.2. The number of amides is 4. The van der Waals surface area contributed by atoms with Crippen molar-refractivity contribution in [2.45, 2.75) is 185 Å². The zero-order valence-electron chi connectivity index (χ0n) is 52.4. The number of carbonyl (C=O) groups is 5. The van der Waals surface area contributed by atoms with Gasteiger partial charge in [0.25, 0.3) is 5.91 Å². The molecule has 10 rings (SSSR count). The van der Waals surface area contributed by atoms with E-state index in [1.54, 1.807) is 31.7 Å². The molecule has 6 bridgehead atoms. The number of pyridine rings is 1. The number of nitrogens with zero attached hydrogens (tertiary/aromatic N) is 6. The van der Waals surface area contributed by atoms with E-state index in [2.05, 4.69) is 93.3 Å². The number of hydrazine groups is 1. The van der Waals surface area contributed by atoms with Gasteiger partial charge in [-0.2, -0.15) is 0 Å². The molecule has 17 nitrogen and oxygen atoms in total.